The molecule has 0 bridgehead atoms. The lowest BCUT2D eigenvalue weighted by Crippen LogP contribution is -2.04. The molecule has 3 heteroatoms. The summed E-state index contributed by atoms with van der Waals surface area (Å²) in [6.45, 7) is 5.14. The normalized spacial score (nSPS) is 16.6. The third kappa shape index (κ3) is 3.09. The molecule has 1 aliphatic rings. The molecule has 1 aromatic rings. The highest BCUT2D eigenvalue weighted by Gasteiger charge is 2.12. The van der Waals surface area contributed by atoms with Gasteiger partial charge in [0.15, 0.2) is 5.78 Å². The summed E-state index contributed by atoms with van der Waals surface area (Å²) >= 11 is 0. The van der Waals surface area contributed by atoms with Crippen LogP contribution in [0.5, 0.6) is 0 Å². The van der Waals surface area contributed by atoms with Crippen LogP contribution in [-0.4, -0.2) is 15.6 Å². The standard InChI is InChI=1S/C15H22N2O/c1-3-13-11-14(17(4-2)16-13)9-12-7-5-6-8-15(18)10-12/h10-11H,3-9H2,1-2H3. The number of hydrogen-bond donors (Lipinski definition) is 0. The van der Waals surface area contributed by atoms with Crippen molar-refractivity contribution in [1.82, 2.24) is 9.78 Å². The fraction of sp³-hybridized carbons (Fsp3) is 0.600. The van der Waals surface area contributed by atoms with E-state index in [-0.39, 0.29) is 0 Å². The van der Waals surface area contributed by atoms with Crippen molar-refractivity contribution in [3.8, 4) is 0 Å². The molecule has 1 aromatic heterocycles. The fourth-order valence-corrected chi connectivity index (χ4v) is 2.50. The summed E-state index contributed by atoms with van der Waals surface area (Å²) in [7, 11) is 0. The number of aryl methyl sites for hydroxylation is 2. The largest absolute Gasteiger partial charge is 0.295 e. The number of nitrogens with zero attached hydrogens (tertiary/aromatic N) is 2. The average Bonchev–Trinajstić information content (AvgIpc) is 2.64. The summed E-state index contributed by atoms with van der Waals surface area (Å²) in [5.74, 6) is 0.292. The molecule has 1 heterocycles. The molecule has 18 heavy (non-hydrogen) atoms. The average molecular weight is 246 g/mol. The minimum Gasteiger partial charge on any atom is -0.295 e. The Bertz CT molecular complexity index is 457. The van der Waals surface area contributed by atoms with Crippen molar-refractivity contribution in [2.75, 3.05) is 0 Å². The van der Waals surface area contributed by atoms with E-state index in [1.54, 1.807) is 0 Å². The Hall–Kier alpha value is -1.38. The highest BCUT2D eigenvalue weighted by molar-refractivity contribution is 5.90. The molecule has 2 rings (SSSR count). The number of carbonyl (C=O) groups excluding carboxylic acids is 1. The number of aromatic nitrogens is 2. The number of carbonyl (C=O) groups is 1. The van der Waals surface area contributed by atoms with Crippen LogP contribution in [-0.2, 0) is 24.2 Å². The van der Waals surface area contributed by atoms with Crippen molar-refractivity contribution in [3.05, 3.63) is 29.1 Å². The molecular weight excluding hydrogens is 224 g/mol. The van der Waals surface area contributed by atoms with Crippen LogP contribution in [0.1, 0.15) is 50.9 Å². The van der Waals surface area contributed by atoms with Gasteiger partial charge in [-0.25, -0.2) is 0 Å². The molecule has 3 nitrogen and oxygen atoms in total. The first-order chi connectivity index (χ1) is 8.72. The van der Waals surface area contributed by atoms with Gasteiger partial charge in [-0.2, -0.15) is 5.10 Å². The van der Waals surface area contributed by atoms with Crippen molar-refractivity contribution in [2.45, 2.75) is 58.9 Å². The molecule has 0 radical (unpaired) electrons. The molecule has 0 atom stereocenters. The number of ketones is 1. The van der Waals surface area contributed by atoms with Crippen LogP contribution in [0, 0.1) is 0 Å². The van der Waals surface area contributed by atoms with Crippen LogP contribution in [0.25, 0.3) is 0 Å². The van der Waals surface area contributed by atoms with Gasteiger partial charge in [0.1, 0.15) is 0 Å². The summed E-state index contributed by atoms with van der Waals surface area (Å²) in [5, 5.41) is 4.56. The van der Waals surface area contributed by atoms with Crippen molar-refractivity contribution in [1.29, 1.82) is 0 Å². The van der Waals surface area contributed by atoms with E-state index >= 15 is 0 Å². The molecule has 0 amide bonds. The topological polar surface area (TPSA) is 34.9 Å². The molecule has 0 aliphatic heterocycles. The molecular formula is C15H22N2O. The van der Waals surface area contributed by atoms with E-state index in [0.717, 1.165) is 50.8 Å². The van der Waals surface area contributed by atoms with Gasteiger partial charge in [-0.05, 0) is 44.7 Å². The van der Waals surface area contributed by atoms with Crippen LogP contribution >= 0.6 is 0 Å². The Labute approximate surface area is 109 Å². The molecule has 0 unspecified atom stereocenters. The molecule has 0 saturated heterocycles. The van der Waals surface area contributed by atoms with Crippen molar-refractivity contribution >= 4 is 5.78 Å². The van der Waals surface area contributed by atoms with E-state index in [0.29, 0.717) is 5.78 Å². The summed E-state index contributed by atoms with van der Waals surface area (Å²) in [5.41, 5.74) is 3.66. The molecule has 0 saturated carbocycles. The highest BCUT2D eigenvalue weighted by Crippen LogP contribution is 2.20. The molecule has 98 valence electrons. The SMILES string of the molecule is CCc1cc(CC2=CC(=O)CCCC2)n(CC)n1. The summed E-state index contributed by atoms with van der Waals surface area (Å²) < 4.78 is 2.06. The summed E-state index contributed by atoms with van der Waals surface area (Å²) in [6.07, 6.45) is 7.67. The first kappa shape index (κ1) is 13.1. The predicted molar refractivity (Wildman–Crippen MR) is 72.5 cm³/mol. The van der Waals surface area contributed by atoms with Gasteiger partial charge in [0.25, 0.3) is 0 Å². The zero-order valence-electron chi connectivity index (χ0n) is 11.4. The van der Waals surface area contributed by atoms with E-state index in [1.165, 1.54) is 11.3 Å². The molecule has 0 aromatic carbocycles. The second-order valence-electron chi connectivity index (χ2n) is 4.95. The minimum atomic E-state index is 0.292. The predicted octanol–water partition coefficient (Wildman–Crippen LogP) is 3.08. The van der Waals surface area contributed by atoms with Gasteiger partial charge >= 0.3 is 0 Å². The van der Waals surface area contributed by atoms with Gasteiger partial charge in [-0.3, -0.25) is 9.48 Å². The Morgan fingerprint density at radius 2 is 2.06 bits per heavy atom. The second kappa shape index (κ2) is 5.98. The van der Waals surface area contributed by atoms with Crippen LogP contribution in [0.3, 0.4) is 0 Å². The maximum absolute atomic E-state index is 11.6. The van der Waals surface area contributed by atoms with E-state index in [4.69, 9.17) is 0 Å². The molecule has 0 fully saturated rings. The Morgan fingerprint density at radius 3 is 2.78 bits per heavy atom. The maximum atomic E-state index is 11.6. The fourth-order valence-electron chi connectivity index (χ4n) is 2.50. The van der Waals surface area contributed by atoms with Gasteiger partial charge in [0.05, 0.1) is 5.69 Å². The van der Waals surface area contributed by atoms with Crippen LogP contribution in [0.2, 0.25) is 0 Å². The number of hydrogen-bond acceptors (Lipinski definition) is 2. The zero-order chi connectivity index (χ0) is 13.0. The van der Waals surface area contributed by atoms with Gasteiger partial charge in [-0.15, -0.1) is 0 Å². The van der Waals surface area contributed by atoms with Crippen molar-refractivity contribution < 1.29 is 4.79 Å². The number of allylic oxidation sites excluding steroid dienone is 2. The quantitative estimate of drug-likeness (QED) is 0.818. The van der Waals surface area contributed by atoms with E-state index in [9.17, 15) is 4.79 Å². The minimum absolute atomic E-state index is 0.292. The highest BCUT2D eigenvalue weighted by atomic mass is 16.1. The van der Waals surface area contributed by atoms with Gasteiger partial charge < -0.3 is 0 Å². The first-order valence-electron chi connectivity index (χ1n) is 7.00. The molecule has 1 aliphatic carbocycles. The summed E-state index contributed by atoms with van der Waals surface area (Å²) in [4.78, 5) is 11.6. The molecule has 0 N–H and O–H groups in total. The van der Waals surface area contributed by atoms with E-state index < -0.39 is 0 Å². The first-order valence-corrected chi connectivity index (χ1v) is 7.00. The van der Waals surface area contributed by atoms with Gasteiger partial charge in [0.2, 0.25) is 0 Å². The van der Waals surface area contributed by atoms with Crippen molar-refractivity contribution in [2.24, 2.45) is 0 Å². The second-order valence-corrected chi connectivity index (χ2v) is 4.95. The molecule has 0 spiro atoms. The number of rotatable bonds is 4. The van der Waals surface area contributed by atoms with E-state index in [2.05, 4.69) is 29.7 Å². The maximum Gasteiger partial charge on any atom is 0.155 e. The Morgan fingerprint density at radius 1 is 1.28 bits per heavy atom. The Kier molecular flexibility index (Phi) is 4.34. The van der Waals surface area contributed by atoms with E-state index in [1.807, 2.05) is 6.08 Å². The third-order valence-corrected chi connectivity index (χ3v) is 3.52. The zero-order valence-corrected chi connectivity index (χ0v) is 11.4. The lowest BCUT2D eigenvalue weighted by Gasteiger charge is -2.07. The van der Waals surface area contributed by atoms with Gasteiger partial charge in [0, 0.05) is 25.1 Å². The van der Waals surface area contributed by atoms with Crippen LogP contribution in [0.15, 0.2) is 17.7 Å². The van der Waals surface area contributed by atoms with Crippen molar-refractivity contribution in [3.63, 3.8) is 0 Å². The van der Waals surface area contributed by atoms with Crippen LogP contribution < -0.4 is 0 Å². The van der Waals surface area contributed by atoms with Gasteiger partial charge in [-0.1, -0.05) is 12.5 Å². The lowest BCUT2D eigenvalue weighted by atomic mass is 10.0. The van der Waals surface area contributed by atoms with Crippen LogP contribution in [0.4, 0.5) is 0 Å². The smallest absolute Gasteiger partial charge is 0.155 e. The summed E-state index contributed by atoms with van der Waals surface area (Å²) in [6, 6.07) is 2.18. The third-order valence-electron chi connectivity index (χ3n) is 3.52. The lowest BCUT2D eigenvalue weighted by molar-refractivity contribution is -0.114. The Balaban J connectivity index is 2.17. The monoisotopic (exact) mass is 246 g/mol.